The van der Waals surface area contributed by atoms with E-state index in [9.17, 15) is 28.8 Å². The average molecular weight is 228 g/mol. The summed E-state index contributed by atoms with van der Waals surface area (Å²) < 4.78 is 0. The van der Waals surface area contributed by atoms with E-state index in [2.05, 4.69) is 0 Å². The number of carbonyl (C=O) groups is 6. The van der Waals surface area contributed by atoms with Crippen LogP contribution in [0.2, 0.25) is 0 Å². The minimum atomic E-state index is -2.41. The van der Waals surface area contributed by atoms with Crippen molar-refractivity contribution >= 4 is 35.1 Å². The fraction of sp³-hybridized carbons (Fsp3) is 0.250. The molecule has 0 amide bonds. The fourth-order valence-electron chi connectivity index (χ4n) is 1.26. The van der Waals surface area contributed by atoms with Crippen LogP contribution < -0.4 is 0 Å². The molecule has 0 saturated heterocycles. The van der Waals surface area contributed by atoms with Gasteiger partial charge in [-0.25, -0.2) is 0 Å². The molecule has 8 heteroatoms. The first-order valence-corrected chi connectivity index (χ1v) is 3.90. The molecule has 1 rings (SSSR count). The van der Waals surface area contributed by atoms with Gasteiger partial charge in [0.15, 0.2) is 11.8 Å². The van der Waals surface area contributed by atoms with E-state index >= 15 is 0 Å². The molecule has 0 unspecified atom stereocenters. The molecule has 0 aliphatic heterocycles. The van der Waals surface area contributed by atoms with Crippen LogP contribution in [0.4, 0.5) is 0 Å². The van der Waals surface area contributed by atoms with Gasteiger partial charge < -0.3 is 10.2 Å². The highest BCUT2D eigenvalue weighted by Crippen LogP contribution is 2.18. The van der Waals surface area contributed by atoms with Gasteiger partial charge in [-0.15, -0.1) is 0 Å². The Labute approximate surface area is 86.8 Å². The molecule has 16 heavy (non-hydrogen) atoms. The third-order valence-electron chi connectivity index (χ3n) is 2.03. The number of ketones is 4. The van der Waals surface area contributed by atoms with Crippen molar-refractivity contribution in [1.82, 2.24) is 0 Å². The summed E-state index contributed by atoms with van der Waals surface area (Å²) in [6.07, 6.45) is 0. The fourth-order valence-corrected chi connectivity index (χ4v) is 1.26. The van der Waals surface area contributed by atoms with Gasteiger partial charge in [0.05, 0.1) is 0 Å². The highest BCUT2D eigenvalue weighted by molar-refractivity contribution is 6.66. The number of rotatable bonds is 2. The zero-order valence-electron chi connectivity index (χ0n) is 7.50. The summed E-state index contributed by atoms with van der Waals surface area (Å²) in [5.74, 6) is -15.4. The molecule has 0 bridgehead atoms. The molecular formula is C8H4O8. The highest BCUT2D eigenvalue weighted by atomic mass is 16.4. The summed E-state index contributed by atoms with van der Waals surface area (Å²) in [5, 5.41) is 16.9. The Hall–Kier alpha value is -2.38. The van der Waals surface area contributed by atoms with Crippen molar-refractivity contribution in [2.75, 3.05) is 0 Å². The Kier molecular flexibility index (Phi) is 2.66. The number of carbonyl (C=O) groups excluding carboxylic acids is 4. The second kappa shape index (κ2) is 3.65. The van der Waals surface area contributed by atoms with Crippen molar-refractivity contribution in [3.8, 4) is 0 Å². The first kappa shape index (κ1) is 11.7. The number of hydrogen-bond acceptors (Lipinski definition) is 6. The Morgan fingerprint density at radius 2 is 0.875 bits per heavy atom. The average Bonchev–Trinajstić information content (AvgIpc) is 2.14. The number of aliphatic carboxylic acids is 2. The van der Waals surface area contributed by atoms with E-state index in [4.69, 9.17) is 10.2 Å². The van der Waals surface area contributed by atoms with Crippen molar-refractivity contribution in [3.05, 3.63) is 0 Å². The number of carboxylic acid groups (broad SMARTS) is 2. The number of carboxylic acids is 2. The first-order chi connectivity index (χ1) is 7.29. The molecule has 1 saturated carbocycles. The topological polar surface area (TPSA) is 143 Å². The second-order valence-corrected chi connectivity index (χ2v) is 3.00. The SMILES string of the molecule is O=C(O)C1C(=O)C(=O)C(C(=O)O)C(=O)C1=O. The molecular weight excluding hydrogens is 224 g/mol. The Balaban J connectivity index is 3.25. The van der Waals surface area contributed by atoms with E-state index in [0.717, 1.165) is 0 Å². The highest BCUT2D eigenvalue weighted by Gasteiger charge is 2.54. The zero-order chi connectivity index (χ0) is 12.6. The lowest BCUT2D eigenvalue weighted by Crippen LogP contribution is -2.53. The van der Waals surface area contributed by atoms with Crippen LogP contribution >= 0.6 is 0 Å². The number of Topliss-reactive ketones (excluding diaryl/α,β-unsaturated/α-hetero) is 4. The molecule has 0 spiro atoms. The van der Waals surface area contributed by atoms with E-state index in [1.54, 1.807) is 0 Å². The lowest BCUT2D eigenvalue weighted by molar-refractivity contribution is -0.166. The van der Waals surface area contributed by atoms with Crippen molar-refractivity contribution in [2.45, 2.75) is 0 Å². The quantitative estimate of drug-likeness (QED) is 0.396. The van der Waals surface area contributed by atoms with Gasteiger partial charge in [0.2, 0.25) is 23.1 Å². The van der Waals surface area contributed by atoms with Crippen molar-refractivity contribution in [1.29, 1.82) is 0 Å². The van der Waals surface area contributed by atoms with Crippen LogP contribution in [0.1, 0.15) is 0 Å². The van der Waals surface area contributed by atoms with Crippen LogP contribution in [0.15, 0.2) is 0 Å². The summed E-state index contributed by atoms with van der Waals surface area (Å²) in [7, 11) is 0. The molecule has 0 heterocycles. The van der Waals surface area contributed by atoms with Crippen LogP contribution in [0, 0.1) is 11.8 Å². The van der Waals surface area contributed by atoms with Crippen molar-refractivity contribution in [3.63, 3.8) is 0 Å². The van der Waals surface area contributed by atoms with Gasteiger partial charge in [0, 0.05) is 0 Å². The van der Waals surface area contributed by atoms with E-state index in [1.807, 2.05) is 0 Å². The van der Waals surface area contributed by atoms with Gasteiger partial charge >= 0.3 is 11.9 Å². The standard InChI is InChI=1S/C8H4O8/c9-3-1(7(13)14)4(10)6(12)2(5(3)11)8(15)16/h1-2H,(H,13,14)(H,15,16). The lowest BCUT2D eigenvalue weighted by atomic mass is 9.78. The van der Waals surface area contributed by atoms with Crippen molar-refractivity contribution in [2.24, 2.45) is 11.8 Å². The molecule has 0 radical (unpaired) electrons. The molecule has 0 aromatic carbocycles. The third kappa shape index (κ3) is 1.49. The monoisotopic (exact) mass is 228 g/mol. The van der Waals surface area contributed by atoms with Crippen LogP contribution in [-0.2, 0) is 28.8 Å². The molecule has 0 aromatic rings. The Bertz CT molecular complexity index is 375. The van der Waals surface area contributed by atoms with Crippen LogP contribution in [-0.4, -0.2) is 45.3 Å². The van der Waals surface area contributed by atoms with E-state index < -0.39 is 46.9 Å². The summed E-state index contributed by atoms with van der Waals surface area (Å²) in [6, 6.07) is 0. The summed E-state index contributed by atoms with van der Waals surface area (Å²) in [6.45, 7) is 0. The van der Waals surface area contributed by atoms with Gasteiger partial charge in [0.1, 0.15) is 0 Å². The Morgan fingerprint density at radius 3 is 1.00 bits per heavy atom. The predicted octanol–water partition coefficient (Wildman–Crippen LogP) is -2.32. The molecule has 2 N–H and O–H groups in total. The van der Waals surface area contributed by atoms with Crippen molar-refractivity contribution < 1.29 is 39.0 Å². The Morgan fingerprint density at radius 1 is 0.688 bits per heavy atom. The van der Waals surface area contributed by atoms with Crippen LogP contribution in [0.5, 0.6) is 0 Å². The minimum absolute atomic E-state index is 1.68. The van der Waals surface area contributed by atoms with Gasteiger partial charge in [-0.05, 0) is 0 Å². The van der Waals surface area contributed by atoms with Gasteiger partial charge in [-0.3, -0.25) is 28.8 Å². The normalized spacial score (nSPS) is 25.8. The summed E-state index contributed by atoms with van der Waals surface area (Å²) >= 11 is 0. The van der Waals surface area contributed by atoms with E-state index in [0.29, 0.717) is 0 Å². The second-order valence-electron chi connectivity index (χ2n) is 3.00. The molecule has 8 nitrogen and oxygen atoms in total. The summed E-state index contributed by atoms with van der Waals surface area (Å²) in [5.41, 5.74) is 0. The molecule has 84 valence electrons. The largest absolute Gasteiger partial charge is 0.480 e. The predicted molar refractivity (Wildman–Crippen MR) is 42.3 cm³/mol. The smallest absolute Gasteiger partial charge is 0.322 e. The molecule has 0 aromatic heterocycles. The maximum absolute atomic E-state index is 11.1. The molecule has 0 atom stereocenters. The van der Waals surface area contributed by atoms with Crippen LogP contribution in [0.3, 0.4) is 0 Å². The minimum Gasteiger partial charge on any atom is -0.480 e. The van der Waals surface area contributed by atoms with Gasteiger partial charge in [-0.1, -0.05) is 0 Å². The summed E-state index contributed by atoms with van der Waals surface area (Å²) in [4.78, 5) is 65.2. The molecule has 1 aliphatic rings. The maximum Gasteiger partial charge on any atom is 0.322 e. The molecule has 1 fully saturated rings. The third-order valence-corrected chi connectivity index (χ3v) is 2.03. The van der Waals surface area contributed by atoms with E-state index in [-0.39, 0.29) is 0 Å². The van der Waals surface area contributed by atoms with Gasteiger partial charge in [-0.2, -0.15) is 0 Å². The number of hydrogen-bond donors (Lipinski definition) is 2. The lowest BCUT2D eigenvalue weighted by Gasteiger charge is -2.18. The maximum atomic E-state index is 11.1. The zero-order valence-corrected chi connectivity index (χ0v) is 7.50. The molecule has 1 aliphatic carbocycles. The van der Waals surface area contributed by atoms with Crippen LogP contribution in [0.25, 0.3) is 0 Å². The van der Waals surface area contributed by atoms with E-state index in [1.165, 1.54) is 0 Å². The van der Waals surface area contributed by atoms with Gasteiger partial charge in [0.25, 0.3) is 0 Å². The first-order valence-electron chi connectivity index (χ1n) is 3.90.